The fourth-order valence-electron chi connectivity index (χ4n) is 5.32. The van der Waals surface area contributed by atoms with Crippen molar-refractivity contribution in [3.63, 3.8) is 0 Å². The van der Waals surface area contributed by atoms with Crippen molar-refractivity contribution in [3.05, 3.63) is 54.1 Å². The normalized spacial score (nSPS) is 19.5. The van der Waals surface area contributed by atoms with Gasteiger partial charge in [-0.15, -0.1) is 0 Å². The molecule has 1 aliphatic carbocycles. The second-order valence-electron chi connectivity index (χ2n) is 10.6. The molecule has 3 rings (SSSR count). The Morgan fingerprint density at radius 3 is 1.87 bits per heavy atom. The van der Waals surface area contributed by atoms with Crippen LogP contribution < -0.4 is 4.74 Å². The summed E-state index contributed by atoms with van der Waals surface area (Å²) in [6.45, 7) is 4.52. The topological polar surface area (TPSA) is 26.3 Å². The molecule has 0 heterocycles. The van der Waals surface area contributed by atoms with Crippen molar-refractivity contribution in [1.82, 2.24) is 0 Å². The van der Waals surface area contributed by atoms with Crippen molar-refractivity contribution in [2.24, 2.45) is 11.8 Å². The van der Waals surface area contributed by atoms with E-state index in [0.717, 1.165) is 42.4 Å². The number of hydrogen-bond donors (Lipinski definition) is 0. The molecule has 9 heteroatoms. The number of hydrogen-bond acceptors (Lipinski definition) is 2. The summed E-state index contributed by atoms with van der Waals surface area (Å²) >= 11 is 0. The first-order chi connectivity index (χ1) is 18.3. The third-order valence-corrected chi connectivity index (χ3v) is 7.84. The van der Waals surface area contributed by atoms with Gasteiger partial charge in [-0.05, 0) is 78.7 Å². The Bertz CT molecular complexity index is 1050. The smallest absolute Gasteiger partial charge is 0.422 e. The summed E-state index contributed by atoms with van der Waals surface area (Å²) in [7, 11) is 0. The van der Waals surface area contributed by atoms with E-state index in [4.69, 9.17) is 0 Å². The Kier molecular flexibility index (Phi) is 10.1. The minimum atomic E-state index is -6.61. The van der Waals surface area contributed by atoms with Crippen LogP contribution in [0.15, 0.2) is 48.5 Å². The van der Waals surface area contributed by atoms with Crippen molar-refractivity contribution in [2.45, 2.75) is 95.6 Å². The molecule has 0 saturated heterocycles. The highest BCUT2D eigenvalue weighted by molar-refractivity contribution is 5.81. The number of ether oxygens (including phenoxy) is 1. The van der Waals surface area contributed by atoms with Crippen LogP contribution in [0.5, 0.6) is 5.75 Å². The van der Waals surface area contributed by atoms with Gasteiger partial charge < -0.3 is 4.74 Å². The lowest BCUT2D eigenvalue weighted by atomic mass is 9.74. The first-order valence-corrected chi connectivity index (χ1v) is 13.5. The van der Waals surface area contributed by atoms with Gasteiger partial charge in [-0.1, -0.05) is 75.9 Å². The van der Waals surface area contributed by atoms with E-state index in [9.17, 15) is 35.5 Å². The number of esters is 1. The summed E-state index contributed by atoms with van der Waals surface area (Å²) in [4.78, 5) is 11.4. The minimum Gasteiger partial charge on any atom is -0.422 e. The van der Waals surface area contributed by atoms with Gasteiger partial charge in [0.1, 0.15) is 5.75 Å². The van der Waals surface area contributed by atoms with E-state index in [2.05, 4.69) is 18.6 Å². The Morgan fingerprint density at radius 2 is 1.38 bits per heavy atom. The molecule has 1 saturated carbocycles. The van der Waals surface area contributed by atoms with Gasteiger partial charge in [0.2, 0.25) is 0 Å². The monoisotopic (exact) mass is 560 g/mol. The Labute approximate surface area is 224 Å². The summed E-state index contributed by atoms with van der Waals surface area (Å²) in [6, 6.07) is 12.9. The quantitative estimate of drug-likeness (QED) is 0.155. The average molecular weight is 561 g/mol. The first-order valence-electron chi connectivity index (χ1n) is 13.5. The molecule has 2 aromatic rings. The molecule has 0 N–H and O–H groups in total. The van der Waals surface area contributed by atoms with Crippen LogP contribution in [0.1, 0.15) is 83.1 Å². The Morgan fingerprint density at radius 1 is 0.846 bits per heavy atom. The molecule has 216 valence electrons. The fourth-order valence-corrected chi connectivity index (χ4v) is 5.32. The number of unbranched alkanes of at least 4 members (excludes halogenated alkanes) is 1. The summed E-state index contributed by atoms with van der Waals surface area (Å²) in [5.74, 6) is -14.1. The van der Waals surface area contributed by atoms with Crippen LogP contribution in [-0.4, -0.2) is 24.0 Å². The van der Waals surface area contributed by atoms with Crippen LogP contribution in [0.2, 0.25) is 0 Å². The van der Waals surface area contributed by atoms with Gasteiger partial charge >= 0.3 is 24.0 Å². The Hall–Kier alpha value is -2.58. The first kappa shape index (κ1) is 31.0. The molecule has 0 amide bonds. The van der Waals surface area contributed by atoms with E-state index in [1.807, 2.05) is 24.3 Å². The van der Waals surface area contributed by atoms with Crippen molar-refractivity contribution >= 4 is 5.97 Å². The molecular formula is C30H35F7O2. The number of benzene rings is 2. The molecule has 0 aliphatic heterocycles. The van der Waals surface area contributed by atoms with E-state index >= 15 is 0 Å². The van der Waals surface area contributed by atoms with Gasteiger partial charge in [0.25, 0.3) is 0 Å². The molecule has 0 bridgehead atoms. The lowest BCUT2D eigenvalue weighted by molar-refractivity contribution is -0.346. The van der Waals surface area contributed by atoms with E-state index < -0.39 is 29.7 Å². The third-order valence-electron chi connectivity index (χ3n) is 7.84. The van der Waals surface area contributed by atoms with E-state index in [-0.39, 0.29) is 0 Å². The van der Waals surface area contributed by atoms with Crippen LogP contribution in [0, 0.1) is 11.8 Å². The molecule has 1 fully saturated rings. The largest absolute Gasteiger partial charge is 0.460 e. The Balaban J connectivity index is 1.57. The van der Waals surface area contributed by atoms with E-state index in [0.29, 0.717) is 11.5 Å². The zero-order valence-corrected chi connectivity index (χ0v) is 22.2. The average Bonchev–Trinajstić information content (AvgIpc) is 2.91. The molecule has 1 aliphatic rings. The SMILES string of the molecule is CCCCC(CC)CC1CCC(c2ccc(-c3ccc(OC(=O)C(F)(F)C(F)(F)C(F)(F)F)cc3)cc2)CC1. The molecule has 0 radical (unpaired) electrons. The number of halogens is 7. The van der Waals surface area contributed by atoms with Crippen LogP contribution in [0.3, 0.4) is 0 Å². The van der Waals surface area contributed by atoms with Crippen LogP contribution in [0.25, 0.3) is 11.1 Å². The van der Waals surface area contributed by atoms with Crippen LogP contribution in [-0.2, 0) is 4.79 Å². The molecule has 39 heavy (non-hydrogen) atoms. The van der Waals surface area contributed by atoms with Gasteiger partial charge in [-0.25, -0.2) is 4.79 Å². The summed E-state index contributed by atoms with van der Waals surface area (Å²) < 4.78 is 94.2. The molecular weight excluding hydrogens is 525 g/mol. The molecule has 1 unspecified atom stereocenters. The maximum absolute atomic E-state index is 13.5. The third kappa shape index (κ3) is 7.34. The van der Waals surface area contributed by atoms with E-state index in [1.165, 1.54) is 62.6 Å². The van der Waals surface area contributed by atoms with Crippen LogP contribution in [0.4, 0.5) is 30.7 Å². The number of carbonyl (C=O) groups excluding carboxylic acids is 1. The summed E-state index contributed by atoms with van der Waals surface area (Å²) in [5.41, 5.74) is 2.67. The molecule has 2 nitrogen and oxygen atoms in total. The molecule has 1 atom stereocenters. The second-order valence-corrected chi connectivity index (χ2v) is 10.6. The molecule has 0 spiro atoms. The highest BCUT2D eigenvalue weighted by atomic mass is 19.4. The van der Waals surface area contributed by atoms with Crippen LogP contribution >= 0.6 is 0 Å². The van der Waals surface area contributed by atoms with Gasteiger partial charge in [0.05, 0.1) is 0 Å². The van der Waals surface area contributed by atoms with Gasteiger partial charge in [0, 0.05) is 0 Å². The lowest BCUT2D eigenvalue weighted by Gasteiger charge is -2.31. The minimum absolute atomic E-state index is 0.490. The zero-order chi connectivity index (χ0) is 28.8. The molecule has 2 aromatic carbocycles. The van der Waals surface area contributed by atoms with Gasteiger partial charge in [-0.2, -0.15) is 30.7 Å². The summed E-state index contributed by atoms with van der Waals surface area (Å²) in [5, 5.41) is 0. The maximum Gasteiger partial charge on any atom is 0.460 e. The lowest BCUT2D eigenvalue weighted by Crippen LogP contribution is -2.57. The maximum atomic E-state index is 13.5. The molecule has 0 aromatic heterocycles. The fraction of sp³-hybridized carbons (Fsp3) is 0.567. The predicted molar refractivity (Wildman–Crippen MR) is 136 cm³/mol. The predicted octanol–water partition coefficient (Wildman–Crippen LogP) is 9.97. The van der Waals surface area contributed by atoms with Gasteiger partial charge in [-0.3, -0.25) is 0 Å². The standard InChI is InChI=1S/C30H35F7O2/c1-3-5-6-20(4-2)19-21-7-9-22(10-8-21)23-11-13-24(14-12-23)25-15-17-26(18-16-25)39-27(38)28(31,32)29(33,34)30(35,36)37/h11-18,20-22H,3-10,19H2,1-2H3. The van der Waals surface area contributed by atoms with Gasteiger partial charge in [0.15, 0.2) is 0 Å². The summed E-state index contributed by atoms with van der Waals surface area (Å²) in [6.07, 6.45) is 4.54. The van der Waals surface area contributed by atoms with Crippen molar-refractivity contribution in [1.29, 1.82) is 0 Å². The number of alkyl halides is 7. The second kappa shape index (κ2) is 12.7. The highest BCUT2D eigenvalue weighted by Gasteiger charge is 2.77. The highest BCUT2D eigenvalue weighted by Crippen LogP contribution is 2.47. The number of rotatable bonds is 11. The van der Waals surface area contributed by atoms with E-state index in [1.54, 1.807) is 0 Å². The number of carbonyl (C=O) groups is 1. The van der Waals surface area contributed by atoms with Crippen molar-refractivity contribution < 1.29 is 40.3 Å². The zero-order valence-electron chi connectivity index (χ0n) is 22.2. The van der Waals surface area contributed by atoms with Crippen molar-refractivity contribution in [2.75, 3.05) is 0 Å². The van der Waals surface area contributed by atoms with Crippen molar-refractivity contribution in [3.8, 4) is 16.9 Å².